The number of rotatable bonds is 6. The molecule has 1 aromatic rings. The Morgan fingerprint density at radius 3 is 3.06 bits per heavy atom. The summed E-state index contributed by atoms with van der Waals surface area (Å²) >= 11 is 0. The van der Waals surface area contributed by atoms with Crippen molar-refractivity contribution in [3.63, 3.8) is 0 Å². The molecule has 2 rings (SSSR count). The Morgan fingerprint density at radius 2 is 2.33 bits per heavy atom. The van der Waals surface area contributed by atoms with Gasteiger partial charge in [-0.15, -0.1) is 10.2 Å². The van der Waals surface area contributed by atoms with Crippen molar-refractivity contribution in [1.82, 2.24) is 19.7 Å². The molecule has 0 bridgehead atoms. The van der Waals surface area contributed by atoms with E-state index in [0.717, 1.165) is 18.9 Å². The SMILES string of the molecule is COCCn1cnnc1[C@H]1CCCN1CC(C)C. The van der Waals surface area contributed by atoms with Crippen LogP contribution in [0, 0.1) is 5.92 Å². The predicted molar refractivity (Wildman–Crippen MR) is 70.3 cm³/mol. The van der Waals surface area contributed by atoms with E-state index in [1.165, 1.54) is 19.4 Å². The molecule has 18 heavy (non-hydrogen) atoms. The van der Waals surface area contributed by atoms with Gasteiger partial charge in [0.2, 0.25) is 0 Å². The Kier molecular flexibility index (Phi) is 4.72. The highest BCUT2D eigenvalue weighted by Crippen LogP contribution is 2.31. The molecule has 0 saturated carbocycles. The summed E-state index contributed by atoms with van der Waals surface area (Å²) in [6.07, 6.45) is 4.27. The quantitative estimate of drug-likeness (QED) is 0.773. The average molecular weight is 252 g/mol. The Hall–Kier alpha value is -0.940. The zero-order chi connectivity index (χ0) is 13.0. The second-order valence-corrected chi connectivity index (χ2v) is 5.42. The lowest BCUT2D eigenvalue weighted by Gasteiger charge is -2.25. The second kappa shape index (κ2) is 6.29. The summed E-state index contributed by atoms with van der Waals surface area (Å²) in [5.41, 5.74) is 0. The molecule has 1 aliphatic rings. The molecule has 102 valence electrons. The van der Waals surface area contributed by atoms with Gasteiger partial charge in [0.25, 0.3) is 0 Å². The van der Waals surface area contributed by atoms with E-state index in [9.17, 15) is 0 Å². The lowest BCUT2D eigenvalue weighted by atomic mass is 10.1. The summed E-state index contributed by atoms with van der Waals surface area (Å²) in [4.78, 5) is 2.54. The maximum atomic E-state index is 5.13. The summed E-state index contributed by atoms with van der Waals surface area (Å²) in [6, 6.07) is 0.437. The normalized spacial score (nSPS) is 21.0. The fourth-order valence-electron chi connectivity index (χ4n) is 2.69. The predicted octanol–water partition coefficient (Wildman–Crippen LogP) is 1.72. The van der Waals surface area contributed by atoms with Gasteiger partial charge in [-0.2, -0.15) is 0 Å². The van der Waals surface area contributed by atoms with Gasteiger partial charge in [-0.3, -0.25) is 4.90 Å². The third kappa shape index (κ3) is 3.09. The van der Waals surface area contributed by atoms with E-state index in [1.807, 2.05) is 6.33 Å². The molecule has 0 aromatic carbocycles. The van der Waals surface area contributed by atoms with Crippen LogP contribution in [0.4, 0.5) is 0 Å². The third-order valence-corrected chi connectivity index (χ3v) is 3.44. The number of aromatic nitrogens is 3. The number of methoxy groups -OCH3 is 1. The molecule has 5 nitrogen and oxygen atoms in total. The molecule has 1 aromatic heterocycles. The maximum absolute atomic E-state index is 5.13. The summed E-state index contributed by atoms with van der Waals surface area (Å²) < 4.78 is 7.27. The van der Waals surface area contributed by atoms with E-state index in [2.05, 4.69) is 33.5 Å². The van der Waals surface area contributed by atoms with Crippen molar-refractivity contribution in [2.24, 2.45) is 5.92 Å². The molecule has 0 aliphatic carbocycles. The Bertz CT molecular complexity index is 364. The van der Waals surface area contributed by atoms with Crippen molar-refractivity contribution < 1.29 is 4.74 Å². The molecule has 1 aliphatic heterocycles. The monoisotopic (exact) mass is 252 g/mol. The third-order valence-electron chi connectivity index (χ3n) is 3.44. The molecular weight excluding hydrogens is 228 g/mol. The Labute approximate surface area is 109 Å². The molecule has 5 heteroatoms. The van der Waals surface area contributed by atoms with Crippen LogP contribution in [0.3, 0.4) is 0 Å². The standard InChI is InChI=1S/C13H24N4O/c1-11(2)9-16-6-4-5-12(16)13-15-14-10-17(13)7-8-18-3/h10-12H,4-9H2,1-3H3/t12-/m1/s1. The van der Waals surface area contributed by atoms with Crippen molar-refractivity contribution in [1.29, 1.82) is 0 Å². The van der Waals surface area contributed by atoms with Gasteiger partial charge < -0.3 is 9.30 Å². The minimum atomic E-state index is 0.437. The number of hydrogen-bond donors (Lipinski definition) is 0. The van der Waals surface area contributed by atoms with Crippen LogP contribution in [0.5, 0.6) is 0 Å². The Morgan fingerprint density at radius 1 is 1.50 bits per heavy atom. The van der Waals surface area contributed by atoms with E-state index in [-0.39, 0.29) is 0 Å². The summed E-state index contributed by atoms with van der Waals surface area (Å²) in [7, 11) is 1.73. The molecular formula is C13H24N4O. The van der Waals surface area contributed by atoms with Gasteiger partial charge in [-0.1, -0.05) is 13.8 Å². The highest BCUT2D eigenvalue weighted by molar-refractivity contribution is 4.99. The first-order valence-corrected chi connectivity index (χ1v) is 6.83. The van der Waals surface area contributed by atoms with E-state index in [0.29, 0.717) is 18.6 Å². The van der Waals surface area contributed by atoms with Crippen LogP contribution in [0.25, 0.3) is 0 Å². The minimum absolute atomic E-state index is 0.437. The van der Waals surface area contributed by atoms with Crippen LogP contribution in [-0.2, 0) is 11.3 Å². The van der Waals surface area contributed by atoms with Gasteiger partial charge in [0.15, 0.2) is 0 Å². The Balaban J connectivity index is 2.07. The lowest BCUT2D eigenvalue weighted by molar-refractivity contribution is 0.179. The van der Waals surface area contributed by atoms with Crippen molar-refractivity contribution in [3.05, 3.63) is 12.2 Å². The van der Waals surface area contributed by atoms with Crippen LogP contribution >= 0.6 is 0 Å². The molecule has 0 amide bonds. The highest BCUT2D eigenvalue weighted by atomic mass is 16.5. The van der Waals surface area contributed by atoms with Gasteiger partial charge in [-0.05, 0) is 25.3 Å². The van der Waals surface area contributed by atoms with E-state index < -0.39 is 0 Å². The van der Waals surface area contributed by atoms with Crippen molar-refractivity contribution >= 4 is 0 Å². The fraction of sp³-hybridized carbons (Fsp3) is 0.846. The number of nitrogens with zero attached hydrogens (tertiary/aromatic N) is 4. The molecule has 1 saturated heterocycles. The largest absolute Gasteiger partial charge is 0.383 e. The maximum Gasteiger partial charge on any atom is 0.150 e. The van der Waals surface area contributed by atoms with Gasteiger partial charge >= 0.3 is 0 Å². The van der Waals surface area contributed by atoms with Gasteiger partial charge in [-0.25, -0.2) is 0 Å². The van der Waals surface area contributed by atoms with Crippen molar-refractivity contribution in [3.8, 4) is 0 Å². The van der Waals surface area contributed by atoms with Crippen molar-refractivity contribution in [2.45, 2.75) is 39.3 Å². The number of ether oxygens (including phenoxy) is 1. The van der Waals surface area contributed by atoms with Crippen LogP contribution in [0.2, 0.25) is 0 Å². The first-order chi connectivity index (χ1) is 8.72. The fourth-order valence-corrected chi connectivity index (χ4v) is 2.69. The summed E-state index contributed by atoms with van der Waals surface area (Å²) in [5, 5.41) is 8.39. The first-order valence-electron chi connectivity index (χ1n) is 6.83. The molecule has 0 spiro atoms. The molecule has 0 N–H and O–H groups in total. The molecule has 0 unspecified atom stereocenters. The van der Waals surface area contributed by atoms with Gasteiger partial charge in [0.05, 0.1) is 12.6 Å². The van der Waals surface area contributed by atoms with E-state index in [4.69, 9.17) is 4.74 Å². The molecule has 0 radical (unpaired) electrons. The summed E-state index contributed by atoms with van der Waals surface area (Å²) in [6.45, 7) is 8.41. The first kappa shape index (κ1) is 13.5. The zero-order valence-electron chi connectivity index (χ0n) is 11.7. The second-order valence-electron chi connectivity index (χ2n) is 5.42. The van der Waals surface area contributed by atoms with E-state index in [1.54, 1.807) is 7.11 Å². The molecule has 1 fully saturated rings. The van der Waals surface area contributed by atoms with Gasteiger partial charge in [0, 0.05) is 20.2 Å². The summed E-state index contributed by atoms with van der Waals surface area (Å²) in [5.74, 6) is 1.80. The molecule has 1 atom stereocenters. The van der Waals surface area contributed by atoms with Crippen LogP contribution in [-0.4, -0.2) is 46.5 Å². The average Bonchev–Trinajstić information content (AvgIpc) is 2.93. The van der Waals surface area contributed by atoms with Crippen LogP contribution in [0.15, 0.2) is 6.33 Å². The topological polar surface area (TPSA) is 43.2 Å². The van der Waals surface area contributed by atoms with Crippen molar-refractivity contribution in [2.75, 3.05) is 26.8 Å². The highest BCUT2D eigenvalue weighted by Gasteiger charge is 2.29. The van der Waals surface area contributed by atoms with Gasteiger partial charge in [0.1, 0.15) is 12.2 Å². The zero-order valence-corrected chi connectivity index (χ0v) is 11.7. The van der Waals surface area contributed by atoms with Crippen LogP contribution < -0.4 is 0 Å². The van der Waals surface area contributed by atoms with E-state index >= 15 is 0 Å². The number of likely N-dealkylation sites (tertiary alicyclic amines) is 1. The molecule has 2 heterocycles. The smallest absolute Gasteiger partial charge is 0.150 e. The minimum Gasteiger partial charge on any atom is -0.383 e. The number of hydrogen-bond acceptors (Lipinski definition) is 4. The van der Waals surface area contributed by atoms with Crippen LogP contribution in [0.1, 0.15) is 38.6 Å². The lowest BCUT2D eigenvalue weighted by Crippen LogP contribution is -2.29.